The van der Waals surface area contributed by atoms with Gasteiger partial charge in [-0.3, -0.25) is 0 Å². The van der Waals surface area contributed by atoms with E-state index in [1.807, 2.05) is 6.07 Å². The molecule has 0 aliphatic heterocycles. The summed E-state index contributed by atoms with van der Waals surface area (Å²) in [6.07, 6.45) is 7.11. The quantitative estimate of drug-likeness (QED) is 0.899. The summed E-state index contributed by atoms with van der Waals surface area (Å²) in [5, 5.41) is 0.716. The second kappa shape index (κ2) is 4.43. The molecule has 18 heavy (non-hydrogen) atoms. The zero-order valence-electron chi connectivity index (χ0n) is 10.8. The molecule has 0 heterocycles. The van der Waals surface area contributed by atoms with Crippen LogP contribution in [0.1, 0.15) is 49.7 Å². The van der Waals surface area contributed by atoms with Crippen LogP contribution < -0.4 is 10.5 Å². The minimum absolute atomic E-state index is 0.236. The second-order valence-electron chi connectivity index (χ2n) is 5.80. The molecule has 3 rings (SSSR count). The molecule has 2 aliphatic rings. The number of hydrogen-bond acceptors (Lipinski definition) is 2. The standard InChI is InChI=1S/C15H20ClNO/c1-10-8-12(15(17)6-2-3-7-15)14(13(16)9-10)18-11-4-5-11/h8-9,11H,2-7,17H2,1H3. The molecule has 0 saturated heterocycles. The van der Waals surface area contributed by atoms with Crippen LogP contribution in [0, 0.1) is 6.92 Å². The van der Waals surface area contributed by atoms with Gasteiger partial charge >= 0.3 is 0 Å². The van der Waals surface area contributed by atoms with E-state index in [0.29, 0.717) is 11.1 Å². The molecule has 2 aliphatic carbocycles. The van der Waals surface area contributed by atoms with E-state index in [9.17, 15) is 0 Å². The molecule has 2 fully saturated rings. The van der Waals surface area contributed by atoms with Gasteiger partial charge in [0.2, 0.25) is 0 Å². The third kappa shape index (κ3) is 2.24. The van der Waals surface area contributed by atoms with E-state index in [0.717, 1.165) is 42.6 Å². The number of rotatable bonds is 3. The first-order valence-corrected chi connectivity index (χ1v) is 7.22. The maximum atomic E-state index is 6.58. The topological polar surface area (TPSA) is 35.2 Å². The van der Waals surface area contributed by atoms with Gasteiger partial charge in [0, 0.05) is 11.1 Å². The Morgan fingerprint density at radius 2 is 1.94 bits per heavy atom. The predicted molar refractivity (Wildman–Crippen MR) is 74.2 cm³/mol. The molecule has 1 aromatic carbocycles. The van der Waals surface area contributed by atoms with E-state index < -0.39 is 0 Å². The van der Waals surface area contributed by atoms with Crippen LogP contribution in [0.5, 0.6) is 5.75 Å². The second-order valence-corrected chi connectivity index (χ2v) is 6.21. The summed E-state index contributed by atoms with van der Waals surface area (Å²) < 4.78 is 6.01. The van der Waals surface area contributed by atoms with Crippen molar-refractivity contribution in [2.75, 3.05) is 0 Å². The number of hydrogen-bond donors (Lipinski definition) is 1. The Morgan fingerprint density at radius 3 is 2.56 bits per heavy atom. The largest absolute Gasteiger partial charge is 0.489 e. The lowest BCUT2D eigenvalue weighted by Gasteiger charge is -2.28. The van der Waals surface area contributed by atoms with Gasteiger partial charge in [-0.15, -0.1) is 0 Å². The zero-order chi connectivity index (χ0) is 12.8. The molecule has 0 amide bonds. The summed E-state index contributed by atoms with van der Waals surface area (Å²) in [4.78, 5) is 0. The summed E-state index contributed by atoms with van der Waals surface area (Å²) in [7, 11) is 0. The molecule has 2 saturated carbocycles. The molecule has 1 aromatic rings. The third-order valence-electron chi connectivity index (χ3n) is 4.03. The van der Waals surface area contributed by atoms with Gasteiger partial charge in [-0.25, -0.2) is 0 Å². The average Bonchev–Trinajstić information content (AvgIpc) is 3.03. The van der Waals surface area contributed by atoms with E-state index in [1.54, 1.807) is 0 Å². The fraction of sp³-hybridized carbons (Fsp3) is 0.600. The van der Waals surface area contributed by atoms with Crippen molar-refractivity contribution in [2.24, 2.45) is 5.73 Å². The van der Waals surface area contributed by atoms with E-state index in [2.05, 4.69) is 13.0 Å². The maximum Gasteiger partial charge on any atom is 0.143 e. The Morgan fingerprint density at radius 1 is 1.28 bits per heavy atom. The summed E-state index contributed by atoms with van der Waals surface area (Å²) in [6, 6.07) is 4.13. The molecule has 3 heteroatoms. The minimum atomic E-state index is -0.236. The van der Waals surface area contributed by atoms with Crippen LogP contribution in [0.2, 0.25) is 5.02 Å². The number of aryl methyl sites for hydroxylation is 1. The van der Waals surface area contributed by atoms with Gasteiger partial charge in [0.25, 0.3) is 0 Å². The molecular weight excluding hydrogens is 246 g/mol. The van der Waals surface area contributed by atoms with Crippen LogP contribution >= 0.6 is 11.6 Å². The molecule has 2 N–H and O–H groups in total. The lowest BCUT2D eigenvalue weighted by Crippen LogP contribution is -2.34. The van der Waals surface area contributed by atoms with Gasteiger partial charge in [-0.05, 0) is 44.2 Å². The summed E-state index contributed by atoms with van der Waals surface area (Å²) in [6.45, 7) is 2.06. The Balaban J connectivity index is 2.04. The van der Waals surface area contributed by atoms with Crippen molar-refractivity contribution < 1.29 is 4.74 Å². The van der Waals surface area contributed by atoms with Gasteiger partial charge in [-0.1, -0.05) is 30.5 Å². The maximum absolute atomic E-state index is 6.58. The molecule has 0 unspecified atom stereocenters. The molecule has 0 bridgehead atoms. The number of nitrogens with two attached hydrogens (primary N) is 1. The number of ether oxygens (including phenoxy) is 1. The fourth-order valence-electron chi connectivity index (χ4n) is 2.85. The third-order valence-corrected chi connectivity index (χ3v) is 4.31. The molecule has 98 valence electrons. The molecule has 0 radical (unpaired) electrons. The Hall–Kier alpha value is -0.730. The zero-order valence-corrected chi connectivity index (χ0v) is 11.6. The SMILES string of the molecule is Cc1cc(Cl)c(OC2CC2)c(C2(N)CCCC2)c1. The van der Waals surface area contributed by atoms with E-state index in [1.165, 1.54) is 12.8 Å². The van der Waals surface area contributed by atoms with Crippen LogP contribution in [-0.2, 0) is 5.54 Å². The van der Waals surface area contributed by atoms with Crippen LogP contribution in [0.15, 0.2) is 12.1 Å². The molecule has 0 atom stereocenters. The average molecular weight is 266 g/mol. The molecule has 0 spiro atoms. The van der Waals surface area contributed by atoms with Gasteiger partial charge < -0.3 is 10.5 Å². The highest BCUT2D eigenvalue weighted by atomic mass is 35.5. The van der Waals surface area contributed by atoms with Crippen molar-refractivity contribution in [3.8, 4) is 5.75 Å². The summed E-state index contributed by atoms with van der Waals surface area (Å²) in [5.41, 5.74) is 8.62. The Kier molecular flexibility index (Phi) is 3.03. The van der Waals surface area contributed by atoms with Crippen LogP contribution in [0.4, 0.5) is 0 Å². The predicted octanol–water partition coefficient (Wildman–Crippen LogP) is 3.92. The lowest BCUT2D eigenvalue weighted by molar-refractivity contribution is 0.290. The Bertz CT molecular complexity index is 462. The van der Waals surface area contributed by atoms with E-state index in [4.69, 9.17) is 22.1 Å². The fourth-order valence-corrected chi connectivity index (χ4v) is 3.16. The van der Waals surface area contributed by atoms with Crippen LogP contribution in [0.25, 0.3) is 0 Å². The number of benzene rings is 1. The highest BCUT2D eigenvalue weighted by Crippen LogP contribution is 2.45. The van der Waals surface area contributed by atoms with Gasteiger partial charge in [0.05, 0.1) is 11.1 Å². The van der Waals surface area contributed by atoms with Crippen molar-refractivity contribution in [3.05, 3.63) is 28.3 Å². The minimum Gasteiger partial charge on any atom is -0.489 e. The van der Waals surface area contributed by atoms with E-state index in [-0.39, 0.29) is 5.54 Å². The van der Waals surface area contributed by atoms with Crippen molar-refractivity contribution in [1.29, 1.82) is 0 Å². The normalized spacial score (nSPS) is 22.2. The highest BCUT2D eigenvalue weighted by Gasteiger charge is 2.36. The molecule has 0 aromatic heterocycles. The number of halogens is 1. The van der Waals surface area contributed by atoms with E-state index >= 15 is 0 Å². The van der Waals surface area contributed by atoms with Crippen LogP contribution in [0.3, 0.4) is 0 Å². The van der Waals surface area contributed by atoms with Gasteiger partial charge in [0.15, 0.2) is 0 Å². The van der Waals surface area contributed by atoms with Crippen LogP contribution in [-0.4, -0.2) is 6.10 Å². The van der Waals surface area contributed by atoms with Crippen molar-refractivity contribution in [2.45, 2.75) is 57.1 Å². The Labute approximate surface area is 113 Å². The summed E-state index contributed by atoms with van der Waals surface area (Å²) in [5.74, 6) is 0.842. The lowest BCUT2D eigenvalue weighted by atomic mass is 9.87. The first kappa shape index (κ1) is 12.3. The highest BCUT2D eigenvalue weighted by molar-refractivity contribution is 6.32. The smallest absolute Gasteiger partial charge is 0.143 e. The van der Waals surface area contributed by atoms with Crippen molar-refractivity contribution in [3.63, 3.8) is 0 Å². The molecule has 2 nitrogen and oxygen atoms in total. The van der Waals surface area contributed by atoms with Gasteiger partial charge in [0.1, 0.15) is 5.75 Å². The van der Waals surface area contributed by atoms with Crippen molar-refractivity contribution >= 4 is 11.6 Å². The first-order chi connectivity index (χ1) is 8.58. The van der Waals surface area contributed by atoms with Crippen molar-refractivity contribution in [1.82, 2.24) is 0 Å². The first-order valence-electron chi connectivity index (χ1n) is 6.85. The van der Waals surface area contributed by atoms with Gasteiger partial charge in [-0.2, -0.15) is 0 Å². The molecular formula is C15H20ClNO. The summed E-state index contributed by atoms with van der Waals surface area (Å²) >= 11 is 6.37. The monoisotopic (exact) mass is 265 g/mol.